The van der Waals surface area contributed by atoms with Crippen LogP contribution in [0.5, 0.6) is 0 Å². The zero-order chi connectivity index (χ0) is 14.4. The van der Waals surface area contributed by atoms with Gasteiger partial charge in [-0.25, -0.2) is 4.98 Å². The van der Waals surface area contributed by atoms with Gasteiger partial charge in [0.05, 0.1) is 12.1 Å². The van der Waals surface area contributed by atoms with E-state index < -0.39 is 0 Å². The lowest BCUT2D eigenvalue weighted by molar-refractivity contribution is 0.0917. The van der Waals surface area contributed by atoms with Crippen molar-refractivity contribution in [1.29, 1.82) is 0 Å². The third kappa shape index (κ3) is 3.82. The molecule has 0 aliphatic heterocycles. The Bertz CT molecular complexity index is 522. The van der Waals surface area contributed by atoms with Gasteiger partial charge in [-0.3, -0.25) is 4.79 Å². The summed E-state index contributed by atoms with van der Waals surface area (Å²) in [6.45, 7) is 2.54. The van der Waals surface area contributed by atoms with Crippen molar-refractivity contribution in [2.75, 3.05) is 6.54 Å². The summed E-state index contributed by atoms with van der Waals surface area (Å²) in [5.74, 6) is 6.30. The largest absolute Gasteiger partial charge is 0.348 e. The molecule has 20 heavy (non-hydrogen) atoms. The van der Waals surface area contributed by atoms with Crippen molar-refractivity contribution in [3.8, 4) is 11.8 Å². The Balaban J connectivity index is 2.05. The molecule has 4 nitrogen and oxygen atoms in total. The summed E-state index contributed by atoms with van der Waals surface area (Å²) in [6.07, 6.45) is 6.05. The van der Waals surface area contributed by atoms with Gasteiger partial charge in [-0.05, 0) is 43.7 Å². The van der Waals surface area contributed by atoms with Crippen LogP contribution in [0.3, 0.4) is 0 Å². The summed E-state index contributed by atoms with van der Waals surface area (Å²) in [7, 11) is 0. The third-order valence-corrected chi connectivity index (χ3v) is 3.70. The van der Waals surface area contributed by atoms with Crippen molar-refractivity contribution < 1.29 is 4.79 Å². The summed E-state index contributed by atoms with van der Waals surface area (Å²) < 4.78 is 0. The molecular weight excluding hydrogens is 250 g/mol. The molecule has 1 fully saturated rings. The molecule has 2 rings (SSSR count). The van der Waals surface area contributed by atoms with Gasteiger partial charge in [-0.15, -0.1) is 0 Å². The third-order valence-electron chi connectivity index (χ3n) is 3.70. The first kappa shape index (κ1) is 14.5. The van der Waals surface area contributed by atoms with Gasteiger partial charge in [0.15, 0.2) is 0 Å². The monoisotopic (exact) mass is 271 g/mol. The van der Waals surface area contributed by atoms with Crippen LogP contribution >= 0.6 is 0 Å². The van der Waals surface area contributed by atoms with Gasteiger partial charge in [0.25, 0.3) is 5.91 Å². The van der Waals surface area contributed by atoms with Crippen molar-refractivity contribution in [3.05, 3.63) is 29.6 Å². The van der Waals surface area contributed by atoms with E-state index in [1.165, 1.54) is 12.8 Å². The van der Waals surface area contributed by atoms with E-state index in [0.717, 1.165) is 18.8 Å². The van der Waals surface area contributed by atoms with Gasteiger partial charge in [0, 0.05) is 12.2 Å². The molecule has 0 saturated heterocycles. The lowest BCUT2D eigenvalue weighted by Gasteiger charge is -2.26. The molecule has 1 aromatic rings. The summed E-state index contributed by atoms with van der Waals surface area (Å²) in [6, 6.07) is 3.84. The zero-order valence-corrected chi connectivity index (χ0v) is 11.9. The Morgan fingerprint density at radius 3 is 2.90 bits per heavy atom. The summed E-state index contributed by atoms with van der Waals surface area (Å²) in [4.78, 5) is 16.5. The second kappa shape index (κ2) is 7.06. The molecule has 1 aliphatic rings. The highest BCUT2D eigenvalue weighted by molar-refractivity contribution is 5.94. The normalized spacial score (nSPS) is 21.7. The number of amides is 1. The first-order valence-electron chi connectivity index (χ1n) is 7.15. The van der Waals surface area contributed by atoms with Crippen LogP contribution in [0.25, 0.3) is 0 Å². The van der Waals surface area contributed by atoms with Crippen LogP contribution in [0.2, 0.25) is 0 Å². The van der Waals surface area contributed by atoms with Crippen LogP contribution < -0.4 is 11.1 Å². The molecule has 4 heteroatoms. The molecule has 0 bridgehead atoms. The number of nitrogens with zero attached hydrogens (tertiary/aromatic N) is 1. The van der Waals surface area contributed by atoms with Gasteiger partial charge < -0.3 is 11.1 Å². The predicted molar refractivity (Wildman–Crippen MR) is 79.1 cm³/mol. The van der Waals surface area contributed by atoms with E-state index in [1.807, 2.05) is 0 Å². The number of rotatable bonds is 2. The predicted octanol–water partition coefficient (Wildman–Crippen LogP) is 1.70. The number of carbonyl (C=O) groups is 1. The van der Waals surface area contributed by atoms with E-state index in [0.29, 0.717) is 11.3 Å². The van der Waals surface area contributed by atoms with Crippen LogP contribution in [-0.2, 0) is 0 Å². The number of nitrogens with one attached hydrogen (secondary N) is 1. The Kier molecular flexibility index (Phi) is 5.14. The van der Waals surface area contributed by atoms with Crippen molar-refractivity contribution in [2.24, 2.45) is 11.7 Å². The van der Waals surface area contributed by atoms with E-state index in [2.05, 4.69) is 29.1 Å². The van der Waals surface area contributed by atoms with Crippen LogP contribution in [0.4, 0.5) is 0 Å². The molecule has 0 spiro atoms. The van der Waals surface area contributed by atoms with Gasteiger partial charge >= 0.3 is 0 Å². The van der Waals surface area contributed by atoms with E-state index in [4.69, 9.17) is 5.73 Å². The number of carbonyl (C=O) groups excluding carboxylic acids is 1. The number of aromatic nitrogens is 1. The average molecular weight is 271 g/mol. The fraction of sp³-hybridized carbons (Fsp3) is 0.500. The molecule has 106 valence electrons. The molecule has 1 amide bonds. The smallest absolute Gasteiger partial charge is 0.271 e. The average Bonchev–Trinajstić information content (AvgIpc) is 2.47. The number of hydrogen-bond donors (Lipinski definition) is 2. The highest BCUT2D eigenvalue weighted by atomic mass is 16.1. The van der Waals surface area contributed by atoms with Crippen molar-refractivity contribution in [3.63, 3.8) is 0 Å². The second-order valence-corrected chi connectivity index (χ2v) is 5.34. The number of nitrogens with two attached hydrogens (primary N) is 1. The molecule has 1 aromatic heterocycles. The molecule has 1 aliphatic carbocycles. The molecule has 1 saturated carbocycles. The number of pyridine rings is 1. The minimum atomic E-state index is -0.133. The van der Waals surface area contributed by atoms with E-state index in [9.17, 15) is 4.79 Å². The first-order chi connectivity index (χ1) is 9.70. The van der Waals surface area contributed by atoms with Gasteiger partial charge in [0.1, 0.15) is 5.69 Å². The van der Waals surface area contributed by atoms with Crippen molar-refractivity contribution >= 4 is 5.91 Å². The quantitative estimate of drug-likeness (QED) is 0.804. The summed E-state index contributed by atoms with van der Waals surface area (Å²) in [5.41, 5.74) is 6.40. The minimum absolute atomic E-state index is 0.133. The SMILES string of the molecule is CC1CCC(NC(=O)c2ncccc2C#CCN)CC1. The van der Waals surface area contributed by atoms with Gasteiger partial charge in [-0.2, -0.15) is 0 Å². The fourth-order valence-corrected chi connectivity index (χ4v) is 2.49. The van der Waals surface area contributed by atoms with Crippen molar-refractivity contribution in [2.45, 2.75) is 38.6 Å². The standard InChI is InChI=1S/C16H21N3O/c1-12-6-8-14(9-7-12)19-16(20)15-13(4-2-10-17)5-3-11-18-15/h3,5,11-12,14H,6-10,17H2,1H3,(H,19,20). The Hall–Kier alpha value is -1.86. The molecular formula is C16H21N3O. The lowest BCUT2D eigenvalue weighted by Crippen LogP contribution is -2.38. The summed E-state index contributed by atoms with van der Waals surface area (Å²) in [5, 5.41) is 3.07. The first-order valence-corrected chi connectivity index (χ1v) is 7.15. The maximum Gasteiger partial charge on any atom is 0.271 e. The fourth-order valence-electron chi connectivity index (χ4n) is 2.49. The van der Waals surface area contributed by atoms with E-state index >= 15 is 0 Å². The Labute approximate surface area is 120 Å². The molecule has 1 heterocycles. The number of hydrogen-bond acceptors (Lipinski definition) is 3. The van der Waals surface area contributed by atoms with E-state index in [-0.39, 0.29) is 18.5 Å². The Morgan fingerprint density at radius 2 is 2.20 bits per heavy atom. The molecule has 0 aromatic carbocycles. The van der Waals surface area contributed by atoms with Gasteiger partial charge in [0.2, 0.25) is 0 Å². The second-order valence-electron chi connectivity index (χ2n) is 5.34. The van der Waals surface area contributed by atoms with Crippen LogP contribution in [0.1, 0.15) is 48.7 Å². The molecule has 0 radical (unpaired) electrons. The van der Waals surface area contributed by atoms with Crippen LogP contribution in [0, 0.1) is 17.8 Å². The molecule has 3 N–H and O–H groups in total. The lowest BCUT2D eigenvalue weighted by atomic mass is 9.87. The highest BCUT2D eigenvalue weighted by Crippen LogP contribution is 2.23. The zero-order valence-electron chi connectivity index (χ0n) is 11.9. The highest BCUT2D eigenvalue weighted by Gasteiger charge is 2.21. The Morgan fingerprint density at radius 1 is 1.45 bits per heavy atom. The van der Waals surface area contributed by atoms with Crippen LogP contribution in [0.15, 0.2) is 18.3 Å². The maximum absolute atomic E-state index is 12.3. The van der Waals surface area contributed by atoms with Gasteiger partial charge in [-0.1, -0.05) is 18.8 Å². The molecule has 0 atom stereocenters. The maximum atomic E-state index is 12.3. The van der Waals surface area contributed by atoms with E-state index in [1.54, 1.807) is 18.3 Å². The van der Waals surface area contributed by atoms with Crippen molar-refractivity contribution in [1.82, 2.24) is 10.3 Å². The summed E-state index contributed by atoms with van der Waals surface area (Å²) >= 11 is 0. The molecule has 0 unspecified atom stereocenters. The topological polar surface area (TPSA) is 68.0 Å². The van der Waals surface area contributed by atoms with Crippen LogP contribution in [-0.4, -0.2) is 23.5 Å². The minimum Gasteiger partial charge on any atom is -0.348 e.